The Hall–Kier alpha value is -2.16. The molecular formula is C17H20O3. The third-order valence-corrected chi connectivity index (χ3v) is 3.22. The van der Waals surface area contributed by atoms with E-state index in [2.05, 4.69) is 26.0 Å². The normalized spacial score (nSPS) is 10.3. The number of hydrogen-bond acceptors (Lipinski definition) is 3. The summed E-state index contributed by atoms with van der Waals surface area (Å²) in [7, 11) is 0. The Bertz CT molecular complexity index is 591. The van der Waals surface area contributed by atoms with Crippen LogP contribution in [0.4, 0.5) is 0 Å². The number of phenolic OH excluding ortho intramolecular Hbond substituents is 1. The molecule has 2 aromatic carbocycles. The molecule has 0 aromatic heterocycles. The molecule has 0 atom stereocenters. The zero-order chi connectivity index (χ0) is 14.5. The van der Waals surface area contributed by atoms with Gasteiger partial charge in [0.2, 0.25) is 0 Å². The van der Waals surface area contributed by atoms with E-state index in [1.165, 1.54) is 11.1 Å². The van der Waals surface area contributed by atoms with E-state index in [4.69, 9.17) is 9.47 Å². The van der Waals surface area contributed by atoms with Crippen LogP contribution in [0.5, 0.6) is 17.2 Å². The van der Waals surface area contributed by atoms with Crippen LogP contribution in [0, 0.1) is 20.8 Å². The number of benzene rings is 2. The first-order chi connectivity index (χ1) is 9.56. The molecule has 0 spiro atoms. The number of aryl methyl sites for hydroxylation is 3. The van der Waals surface area contributed by atoms with Crippen LogP contribution in [0.15, 0.2) is 36.4 Å². The number of aromatic hydroxyl groups is 1. The molecule has 0 bridgehead atoms. The van der Waals surface area contributed by atoms with Crippen LogP contribution in [-0.2, 0) is 0 Å². The standard InChI is InChI=1S/C17H20O3/c1-12-9-14(3)17(10-13(12)2)20-8-7-19-16-6-4-5-15(18)11-16/h4-6,9-11,18H,7-8H2,1-3H3. The lowest BCUT2D eigenvalue weighted by Crippen LogP contribution is -2.09. The molecule has 3 nitrogen and oxygen atoms in total. The first kappa shape index (κ1) is 14.3. The van der Waals surface area contributed by atoms with E-state index in [0.717, 1.165) is 11.3 Å². The Balaban J connectivity index is 1.86. The summed E-state index contributed by atoms with van der Waals surface area (Å²) < 4.78 is 11.3. The van der Waals surface area contributed by atoms with Crippen LogP contribution < -0.4 is 9.47 Å². The van der Waals surface area contributed by atoms with Crippen molar-refractivity contribution in [1.29, 1.82) is 0 Å². The lowest BCUT2D eigenvalue weighted by Gasteiger charge is -2.12. The summed E-state index contributed by atoms with van der Waals surface area (Å²) in [5.74, 6) is 1.74. The monoisotopic (exact) mass is 272 g/mol. The number of rotatable bonds is 5. The zero-order valence-corrected chi connectivity index (χ0v) is 12.1. The zero-order valence-electron chi connectivity index (χ0n) is 12.1. The second kappa shape index (κ2) is 6.33. The van der Waals surface area contributed by atoms with Crippen molar-refractivity contribution in [3.05, 3.63) is 53.1 Å². The molecule has 0 fully saturated rings. The second-order valence-corrected chi connectivity index (χ2v) is 4.90. The molecule has 0 aliphatic heterocycles. The van der Waals surface area contributed by atoms with Crippen molar-refractivity contribution in [2.24, 2.45) is 0 Å². The Labute approximate surface area is 119 Å². The molecule has 0 saturated heterocycles. The van der Waals surface area contributed by atoms with Gasteiger partial charge in [-0.1, -0.05) is 12.1 Å². The third kappa shape index (κ3) is 3.67. The molecule has 2 aromatic rings. The minimum atomic E-state index is 0.202. The maximum absolute atomic E-state index is 9.33. The van der Waals surface area contributed by atoms with Gasteiger partial charge in [-0.05, 0) is 55.7 Å². The fourth-order valence-corrected chi connectivity index (χ4v) is 1.97. The molecule has 3 heteroatoms. The van der Waals surface area contributed by atoms with Crippen molar-refractivity contribution in [3.8, 4) is 17.2 Å². The van der Waals surface area contributed by atoms with Gasteiger partial charge in [-0.15, -0.1) is 0 Å². The summed E-state index contributed by atoms with van der Waals surface area (Å²) >= 11 is 0. The average Bonchev–Trinajstić information content (AvgIpc) is 2.40. The molecule has 0 unspecified atom stereocenters. The summed E-state index contributed by atoms with van der Waals surface area (Å²) in [4.78, 5) is 0. The number of hydrogen-bond donors (Lipinski definition) is 1. The fourth-order valence-electron chi connectivity index (χ4n) is 1.97. The molecule has 1 N–H and O–H groups in total. The van der Waals surface area contributed by atoms with Gasteiger partial charge in [-0.25, -0.2) is 0 Å². The molecular weight excluding hydrogens is 252 g/mol. The van der Waals surface area contributed by atoms with Crippen LogP contribution >= 0.6 is 0 Å². The van der Waals surface area contributed by atoms with Crippen molar-refractivity contribution in [3.63, 3.8) is 0 Å². The molecule has 0 radical (unpaired) electrons. The third-order valence-electron chi connectivity index (χ3n) is 3.22. The van der Waals surface area contributed by atoms with Crippen LogP contribution in [0.25, 0.3) is 0 Å². The first-order valence-electron chi connectivity index (χ1n) is 6.69. The van der Waals surface area contributed by atoms with Crippen molar-refractivity contribution < 1.29 is 14.6 Å². The topological polar surface area (TPSA) is 38.7 Å². The highest BCUT2D eigenvalue weighted by atomic mass is 16.5. The Morgan fingerprint density at radius 2 is 1.55 bits per heavy atom. The second-order valence-electron chi connectivity index (χ2n) is 4.90. The Morgan fingerprint density at radius 3 is 2.30 bits per heavy atom. The maximum atomic E-state index is 9.33. The average molecular weight is 272 g/mol. The van der Waals surface area contributed by atoms with Crippen LogP contribution in [0.3, 0.4) is 0 Å². The highest BCUT2D eigenvalue weighted by Gasteiger charge is 2.03. The molecule has 0 aliphatic carbocycles. The molecule has 2 rings (SSSR count). The molecule has 0 heterocycles. The van der Waals surface area contributed by atoms with Gasteiger partial charge in [-0.2, -0.15) is 0 Å². The number of ether oxygens (including phenoxy) is 2. The van der Waals surface area contributed by atoms with Crippen LogP contribution in [0.1, 0.15) is 16.7 Å². The van der Waals surface area contributed by atoms with Crippen molar-refractivity contribution in [2.45, 2.75) is 20.8 Å². The minimum absolute atomic E-state index is 0.202. The summed E-state index contributed by atoms with van der Waals surface area (Å²) in [6, 6.07) is 10.9. The Kier molecular flexibility index (Phi) is 4.51. The lowest BCUT2D eigenvalue weighted by atomic mass is 10.1. The van der Waals surface area contributed by atoms with Crippen molar-refractivity contribution >= 4 is 0 Å². The van der Waals surface area contributed by atoms with Gasteiger partial charge in [0.25, 0.3) is 0 Å². The van der Waals surface area contributed by atoms with Gasteiger partial charge in [-0.3, -0.25) is 0 Å². The van der Waals surface area contributed by atoms with E-state index < -0.39 is 0 Å². The van der Waals surface area contributed by atoms with Crippen LogP contribution in [-0.4, -0.2) is 18.3 Å². The summed E-state index contributed by atoms with van der Waals surface area (Å²) in [6.07, 6.45) is 0. The number of phenols is 1. The van der Waals surface area contributed by atoms with Crippen LogP contribution in [0.2, 0.25) is 0 Å². The SMILES string of the molecule is Cc1cc(C)c(OCCOc2cccc(O)c2)cc1C. The predicted octanol–water partition coefficient (Wildman–Crippen LogP) is 3.78. The van der Waals surface area contributed by atoms with Gasteiger partial charge < -0.3 is 14.6 Å². The van der Waals surface area contributed by atoms with E-state index >= 15 is 0 Å². The van der Waals surface area contributed by atoms with Crippen molar-refractivity contribution in [1.82, 2.24) is 0 Å². The van der Waals surface area contributed by atoms with Gasteiger partial charge in [0.15, 0.2) is 0 Å². The minimum Gasteiger partial charge on any atom is -0.508 e. The largest absolute Gasteiger partial charge is 0.508 e. The molecule has 0 saturated carbocycles. The van der Waals surface area contributed by atoms with E-state index in [9.17, 15) is 5.11 Å². The molecule has 20 heavy (non-hydrogen) atoms. The van der Waals surface area contributed by atoms with Gasteiger partial charge >= 0.3 is 0 Å². The van der Waals surface area contributed by atoms with E-state index in [-0.39, 0.29) is 5.75 Å². The maximum Gasteiger partial charge on any atom is 0.123 e. The quantitative estimate of drug-likeness (QED) is 0.842. The van der Waals surface area contributed by atoms with E-state index in [0.29, 0.717) is 19.0 Å². The van der Waals surface area contributed by atoms with Gasteiger partial charge in [0, 0.05) is 6.07 Å². The predicted molar refractivity (Wildman–Crippen MR) is 79.7 cm³/mol. The highest BCUT2D eigenvalue weighted by Crippen LogP contribution is 2.22. The smallest absolute Gasteiger partial charge is 0.123 e. The summed E-state index contributed by atoms with van der Waals surface area (Å²) in [5.41, 5.74) is 3.62. The van der Waals surface area contributed by atoms with E-state index in [1.807, 2.05) is 6.92 Å². The van der Waals surface area contributed by atoms with E-state index in [1.54, 1.807) is 24.3 Å². The van der Waals surface area contributed by atoms with Crippen molar-refractivity contribution in [2.75, 3.05) is 13.2 Å². The fraction of sp³-hybridized carbons (Fsp3) is 0.294. The molecule has 106 valence electrons. The summed E-state index contributed by atoms with van der Waals surface area (Å²) in [6.45, 7) is 7.12. The highest BCUT2D eigenvalue weighted by molar-refractivity contribution is 5.40. The van der Waals surface area contributed by atoms with Gasteiger partial charge in [0.05, 0.1) is 0 Å². The summed E-state index contributed by atoms with van der Waals surface area (Å²) in [5, 5.41) is 9.33. The lowest BCUT2D eigenvalue weighted by molar-refractivity contribution is 0.216. The first-order valence-corrected chi connectivity index (χ1v) is 6.69. The Morgan fingerprint density at radius 1 is 0.850 bits per heavy atom. The van der Waals surface area contributed by atoms with Gasteiger partial charge in [0.1, 0.15) is 30.5 Å². The molecule has 0 amide bonds. The molecule has 0 aliphatic rings.